The van der Waals surface area contributed by atoms with Crippen LogP contribution in [0.3, 0.4) is 0 Å². The normalized spacial score (nSPS) is 10.6. The van der Waals surface area contributed by atoms with E-state index in [1.807, 2.05) is 195 Å². The number of benzene rings is 8. The summed E-state index contributed by atoms with van der Waals surface area (Å²) in [6, 6.07) is 117. The van der Waals surface area contributed by atoms with Crippen LogP contribution in [0.15, 0.2) is 387 Å². The van der Waals surface area contributed by atoms with Gasteiger partial charge in [-0.1, -0.05) is 151 Å². The molecule has 17 aromatic rings. The predicted octanol–water partition coefficient (Wildman–Crippen LogP) is 23.0. The van der Waals surface area contributed by atoms with E-state index in [0.29, 0.717) is 11.6 Å². The maximum atomic E-state index is 10.0. The van der Waals surface area contributed by atoms with Crippen molar-refractivity contribution in [3.63, 3.8) is 0 Å². The first kappa shape index (κ1) is 107. The van der Waals surface area contributed by atoms with E-state index in [1.54, 1.807) is 58.8 Å². The fourth-order valence-corrected chi connectivity index (χ4v) is 17.0. The second-order valence-corrected chi connectivity index (χ2v) is 34.1. The fourth-order valence-electron chi connectivity index (χ4n) is 11.0. The number of aliphatic hydroxyl groups is 2. The van der Waals surface area contributed by atoms with Gasteiger partial charge in [0.05, 0.1) is 84.5 Å². The van der Waals surface area contributed by atoms with E-state index in [-0.39, 0.29) is 124 Å². The van der Waals surface area contributed by atoms with E-state index in [0.717, 1.165) is 73.4 Å². The van der Waals surface area contributed by atoms with Crippen molar-refractivity contribution in [3.8, 4) is 55.3 Å². The summed E-state index contributed by atoms with van der Waals surface area (Å²) in [5.74, 6) is 1.15. The number of thiophene rings is 2. The molecule has 1 aliphatic heterocycles. The van der Waals surface area contributed by atoms with Crippen LogP contribution < -0.4 is 26.3 Å². The molecule has 0 spiro atoms. The Morgan fingerprint density at radius 1 is 0.456 bits per heavy atom. The smallest absolute Gasteiger partial charge is 0.512 e. The summed E-state index contributed by atoms with van der Waals surface area (Å²) in [7, 11) is -1.09. The number of ketones is 2. The number of nitrogens with zero attached hydrogens (tertiary/aromatic N) is 10. The minimum atomic E-state index is -0.545. The van der Waals surface area contributed by atoms with Gasteiger partial charge < -0.3 is 35.3 Å². The van der Waals surface area contributed by atoms with Crippen LogP contribution in [0.1, 0.15) is 56.8 Å². The van der Waals surface area contributed by atoms with Crippen LogP contribution in [0.25, 0.3) is 75.6 Å². The van der Waals surface area contributed by atoms with Gasteiger partial charge in [-0.25, -0.2) is 22.7 Å². The van der Waals surface area contributed by atoms with Crippen molar-refractivity contribution in [2.75, 3.05) is 13.3 Å². The summed E-state index contributed by atoms with van der Waals surface area (Å²) in [6.07, 6.45) is 17.4. The summed E-state index contributed by atoms with van der Waals surface area (Å²) < 4.78 is 2.49. The first-order chi connectivity index (χ1) is 58.5. The van der Waals surface area contributed by atoms with E-state index >= 15 is 0 Å². The minimum absolute atomic E-state index is 0. The summed E-state index contributed by atoms with van der Waals surface area (Å²) >= 11 is 5.15. The third-order valence-corrected chi connectivity index (χ3v) is 24.5. The Hall–Kier alpha value is -9.86. The van der Waals surface area contributed by atoms with E-state index in [1.165, 1.54) is 86.4 Å². The van der Waals surface area contributed by atoms with Gasteiger partial charge in [-0.15, -0.1) is 101 Å². The Morgan fingerprint density at radius 2 is 0.896 bits per heavy atom. The van der Waals surface area contributed by atoms with Gasteiger partial charge in [0.1, 0.15) is 0 Å². The molecule has 14 nitrogen and oxygen atoms in total. The molecule has 1 aliphatic rings. The first-order valence-electron chi connectivity index (χ1n) is 38.5. The molecule has 18 rings (SSSR count). The van der Waals surface area contributed by atoms with Crippen LogP contribution in [0.4, 0.5) is 0 Å². The van der Waals surface area contributed by atoms with Crippen molar-refractivity contribution in [2.24, 2.45) is 4.99 Å². The second kappa shape index (κ2) is 61.5. The molecule has 24 heteroatoms. The second-order valence-electron chi connectivity index (χ2n) is 26.3. The number of carbonyl (C=O) groups excluding carboxylic acids is 2. The average Bonchev–Trinajstić information content (AvgIpc) is 1.69. The number of aryl methyl sites for hydroxylation is 2. The van der Waals surface area contributed by atoms with Gasteiger partial charge in [0.25, 0.3) is 0 Å². The monoisotopic (exact) mass is 2540 g/mol. The number of thiazole rings is 1. The third-order valence-electron chi connectivity index (χ3n) is 16.7. The first-order valence-corrected chi connectivity index (χ1v) is 45.0. The number of allylic oxidation sites excluding steroid dienone is 5. The topological polar surface area (TPSA) is 204 Å². The quantitative estimate of drug-likeness (QED) is 0.0385. The van der Waals surface area contributed by atoms with Gasteiger partial charge in [-0.05, 0) is 190 Å². The number of pyridine rings is 5. The summed E-state index contributed by atoms with van der Waals surface area (Å²) in [5, 5.41) is 34.6. The van der Waals surface area contributed by atoms with Gasteiger partial charge in [-0.3, -0.25) is 34.6 Å². The Balaban J connectivity index is 0.000000292. The Kier molecular flexibility index (Phi) is 52.9. The molecule has 125 heavy (non-hydrogen) atoms. The van der Waals surface area contributed by atoms with Crippen molar-refractivity contribution in [3.05, 3.63) is 422 Å². The number of para-hydroxylation sites is 1. The number of aromatic nitrogens is 9. The van der Waals surface area contributed by atoms with Crippen molar-refractivity contribution < 1.29 is 120 Å². The predicted molar refractivity (Wildman–Crippen MR) is 507 cm³/mol. The van der Waals surface area contributed by atoms with Gasteiger partial charge in [0.15, 0.2) is 11.6 Å². The Labute approximate surface area is 816 Å². The molecule has 0 fully saturated rings. The number of rotatable bonds is 12. The molecule has 8 aromatic carbocycles. The molecule has 2 N–H and O–H groups in total. The van der Waals surface area contributed by atoms with Crippen molar-refractivity contribution in [2.45, 2.75) is 54.4 Å². The van der Waals surface area contributed by atoms with Crippen LogP contribution in [-0.4, -0.2) is 80.8 Å². The zero-order chi connectivity index (χ0) is 84.7. The molecule has 9 aromatic heterocycles. The van der Waals surface area contributed by atoms with E-state index in [4.69, 9.17) is 10.2 Å². The molecule has 0 atom stereocenters. The number of fused-ring (bicyclic) bond motifs is 2. The van der Waals surface area contributed by atoms with E-state index in [9.17, 15) is 9.59 Å². The molecule has 4 radical (unpaired) electrons. The molecule has 0 amide bonds. The number of aliphatic imine (C=N–C) groups is 1. The number of carbonyl (C=O) groups is 2. The molecule has 0 unspecified atom stereocenters. The number of aliphatic hydroxyl groups excluding tert-OH is 2. The van der Waals surface area contributed by atoms with Crippen molar-refractivity contribution in [1.29, 1.82) is 0 Å². The van der Waals surface area contributed by atoms with E-state index in [2.05, 4.69) is 239 Å². The van der Waals surface area contributed by atoms with Crippen LogP contribution in [0, 0.1) is 38.1 Å². The Morgan fingerprint density at radius 3 is 1.29 bits per heavy atom. The molecule has 10 heterocycles. The Bertz CT molecular complexity index is 5420. The summed E-state index contributed by atoms with van der Waals surface area (Å²) in [5.41, 5.74) is 10.1. The molecule has 0 aliphatic carbocycles. The van der Waals surface area contributed by atoms with Gasteiger partial charge >= 0.3 is 39.3 Å². The number of hydrogen-bond acceptors (Lipinski definition) is 16. The molecule has 0 saturated carbocycles. The standard InChI is InChI=1S/2C13H8NS.2C13H13P.C11H8N.C10H8N2.C9H9N4.C9H8NS.2C5H8O2.2Ir.Os.Pt.Ru/c1-2-7-12-10(5-1)9-13(15-12)11-6-3-4-8-14-11;1-2-6-10(7-3-1)13-14-11-8-4-5-9-12(11)15-13;2*1-14(12-8-4-2-5-9-12)13-10-6-3-7-11-13;1-2-6-10(7-3-1)11-8-4-5-9-12-11;1-3-7-11-9(5-1)10-6-2-4-8-12-10;1-6-3-4-10-8(5-6)9-11-7(2)12-13-9;1-2-6-10-8(4-1)9-5-3-7-11-9;2*1-4(6)3-5(2)7;;;;;/h1-8H;1-6,8-9H;2*2-11H,1H3;1-6,8-9H;1-8H;3-5H,1-2H3;2-3,6-7H,1,4H2;2*3,6H,1-2H3;;;;;/q2*-1;;;-1;;2*-1;;;;;+1;;+1/p+2. The number of hydrogen-bond donors (Lipinski definition) is 2. The SMILES string of the molecule is CC(=O)C=C(C)O.CC(=O)C=C(C)O.C[PH+](c1ccccc1)c1ccccc1.C[PH+](c1ccccc1)c1ccccc1.Cc1ccnc(-c2nc(C)n[n-]2)c1.[Ir].[Ir].[Os+].[Pt].[Ru+].[c-]1c(-c2ccccn2)sc2ccccc12.[c-]1ccccc1-c1ccccn1.[c-]1ccccc1-c1nc2ccccc2s1.[c-]1ccsc1C1=NC=CCC1.c1ccc(-c2ccccn2)nc1. The van der Waals surface area contributed by atoms with Gasteiger partial charge in [-0.2, -0.15) is 23.5 Å². The van der Waals surface area contributed by atoms with Crippen molar-refractivity contribution in [1.82, 2.24) is 45.1 Å². The zero-order valence-corrected chi connectivity index (χ0v) is 85.5. The molecule has 0 saturated heterocycles. The molecular formula is C101H93Ir2N10O4OsP2PtRuS3-. The maximum Gasteiger partial charge on any atom is 1.00 e. The summed E-state index contributed by atoms with van der Waals surface area (Å²) in [6.45, 7) is 14.2. The van der Waals surface area contributed by atoms with Crippen LogP contribution in [0.2, 0.25) is 0 Å². The molecule has 644 valence electrons. The largest absolute Gasteiger partial charge is 1.00 e. The molecule has 0 bridgehead atoms. The van der Waals surface area contributed by atoms with Crippen LogP contribution >= 0.6 is 49.9 Å². The average molecular weight is 2540 g/mol. The third kappa shape index (κ3) is 39.7. The summed E-state index contributed by atoms with van der Waals surface area (Å²) in [4.78, 5) is 56.4. The van der Waals surface area contributed by atoms with Gasteiger partial charge in [0.2, 0.25) is 0 Å². The maximum absolute atomic E-state index is 10.0. The van der Waals surface area contributed by atoms with Crippen LogP contribution in [-0.2, 0) is 110 Å². The van der Waals surface area contributed by atoms with E-state index < -0.39 is 15.8 Å². The van der Waals surface area contributed by atoms with Crippen LogP contribution in [0.5, 0.6) is 0 Å². The fraction of sp³-hybridized carbons (Fsp3) is 0.0990. The van der Waals surface area contributed by atoms with Crippen molar-refractivity contribution >= 4 is 109 Å². The molecular weight excluding hydrogens is 2450 g/mol. The minimum Gasteiger partial charge on any atom is -0.512 e. The zero-order valence-electron chi connectivity index (χ0n) is 69.7. The van der Waals surface area contributed by atoms with Gasteiger partial charge in [0, 0.05) is 132 Å².